The Hall–Kier alpha value is -3.14. The molecule has 2 rings (SSSR count). The second kappa shape index (κ2) is 9.88. The fourth-order valence-corrected chi connectivity index (χ4v) is 2.12. The summed E-state index contributed by atoms with van der Waals surface area (Å²) in [5.74, 6) is -0.351. The predicted octanol–water partition coefficient (Wildman–Crippen LogP) is 3.12. The molecule has 0 aliphatic heterocycles. The van der Waals surface area contributed by atoms with Gasteiger partial charge in [-0.05, 0) is 18.1 Å². The summed E-state index contributed by atoms with van der Waals surface area (Å²) in [5.41, 5.74) is 2.62. The molecule has 128 valence electrons. The van der Waals surface area contributed by atoms with Crippen molar-refractivity contribution < 1.29 is 9.59 Å². The van der Waals surface area contributed by atoms with Crippen LogP contribution in [0.5, 0.6) is 0 Å². The average Bonchev–Trinajstić information content (AvgIpc) is 2.66. The van der Waals surface area contributed by atoms with E-state index in [1.54, 1.807) is 19.1 Å². The maximum atomic E-state index is 12.0. The molecule has 0 saturated heterocycles. The van der Waals surface area contributed by atoms with Crippen LogP contribution in [0.4, 0.5) is 0 Å². The maximum Gasteiger partial charge on any atom is 0.247 e. The van der Waals surface area contributed by atoms with Gasteiger partial charge >= 0.3 is 0 Å². The molecule has 0 aliphatic carbocycles. The number of hydrogen-bond acceptors (Lipinski definition) is 2. The Bertz CT molecular complexity index is 750. The molecule has 0 spiro atoms. The highest BCUT2D eigenvalue weighted by molar-refractivity contribution is 5.93. The molecule has 0 radical (unpaired) electrons. The van der Waals surface area contributed by atoms with Gasteiger partial charge in [-0.2, -0.15) is 0 Å². The van der Waals surface area contributed by atoms with Crippen LogP contribution in [-0.4, -0.2) is 11.8 Å². The van der Waals surface area contributed by atoms with Crippen molar-refractivity contribution in [2.75, 3.05) is 0 Å². The molecular weight excluding hydrogens is 312 g/mol. The SMILES string of the molecule is C/C(=C/C=C/C(=O)NCc1ccccc1)C(=O)NCc1ccccc1. The second-order valence-electron chi connectivity index (χ2n) is 5.58. The first-order chi connectivity index (χ1) is 12.1. The molecule has 0 saturated carbocycles. The number of rotatable bonds is 7. The third-order valence-electron chi connectivity index (χ3n) is 3.56. The zero-order valence-electron chi connectivity index (χ0n) is 14.2. The molecule has 0 unspecified atom stereocenters. The minimum atomic E-state index is -0.197. The Morgan fingerprint density at radius 2 is 1.36 bits per heavy atom. The van der Waals surface area contributed by atoms with Crippen LogP contribution in [0, 0.1) is 0 Å². The molecule has 2 aromatic rings. The van der Waals surface area contributed by atoms with Gasteiger partial charge in [0.15, 0.2) is 0 Å². The molecule has 0 heterocycles. The Balaban J connectivity index is 1.75. The van der Waals surface area contributed by atoms with Gasteiger partial charge in [0, 0.05) is 24.7 Å². The van der Waals surface area contributed by atoms with Crippen LogP contribution in [0.2, 0.25) is 0 Å². The molecule has 0 bridgehead atoms. The van der Waals surface area contributed by atoms with E-state index in [2.05, 4.69) is 10.6 Å². The fourth-order valence-electron chi connectivity index (χ4n) is 2.12. The van der Waals surface area contributed by atoms with Crippen LogP contribution in [0.3, 0.4) is 0 Å². The Kier molecular flexibility index (Phi) is 7.19. The van der Waals surface area contributed by atoms with E-state index in [0.29, 0.717) is 18.7 Å². The molecule has 25 heavy (non-hydrogen) atoms. The van der Waals surface area contributed by atoms with Crippen molar-refractivity contribution in [1.29, 1.82) is 0 Å². The normalized spacial score (nSPS) is 11.3. The molecule has 0 aromatic heterocycles. The van der Waals surface area contributed by atoms with E-state index >= 15 is 0 Å². The van der Waals surface area contributed by atoms with Gasteiger partial charge in [-0.3, -0.25) is 9.59 Å². The van der Waals surface area contributed by atoms with Crippen molar-refractivity contribution in [2.24, 2.45) is 0 Å². The Morgan fingerprint density at radius 3 is 1.92 bits per heavy atom. The molecule has 4 nitrogen and oxygen atoms in total. The van der Waals surface area contributed by atoms with Crippen molar-refractivity contribution in [2.45, 2.75) is 20.0 Å². The number of allylic oxidation sites excluding steroid dienone is 2. The quantitative estimate of drug-likeness (QED) is 0.604. The largest absolute Gasteiger partial charge is 0.348 e. The number of amides is 2. The summed E-state index contributed by atoms with van der Waals surface area (Å²) in [6.07, 6.45) is 4.62. The molecule has 0 fully saturated rings. The van der Waals surface area contributed by atoms with Gasteiger partial charge in [-0.25, -0.2) is 0 Å². The highest BCUT2D eigenvalue weighted by Gasteiger charge is 2.02. The van der Waals surface area contributed by atoms with E-state index in [1.165, 1.54) is 6.08 Å². The number of hydrogen-bond donors (Lipinski definition) is 2. The van der Waals surface area contributed by atoms with Crippen LogP contribution in [0.15, 0.2) is 84.5 Å². The van der Waals surface area contributed by atoms with Gasteiger partial charge in [0.05, 0.1) is 0 Å². The average molecular weight is 334 g/mol. The monoisotopic (exact) mass is 334 g/mol. The highest BCUT2D eigenvalue weighted by Crippen LogP contribution is 2.00. The summed E-state index contributed by atoms with van der Waals surface area (Å²) in [6, 6.07) is 19.4. The lowest BCUT2D eigenvalue weighted by molar-refractivity contribution is -0.118. The van der Waals surface area contributed by atoms with Gasteiger partial charge in [0.2, 0.25) is 11.8 Å². The lowest BCUT2D eigenvalue weighted by Gasteiger charge is -2.05. The third-order valence-corrected chi connectivity index (χ3v) is 3.56. The zero-order valence-corrected chi connectivity index (χ0v) is 14.2. The molecule has 4 heteroatoms. The molecule has 0 aliphatic rings. The van der Waals surface area contributed by atoms with E-state index in [4.69, 9.17) is 0 Å². The predicted molar refractivity (Wildman–Crippen MR) is 99.5 cm³/mol. The zero-order chi connectivity index (χ0) is 17.9. The maximum absolute atomic E-state index is 12.0. The topological polar surface area (TPSA) is 58.2 Å². The van der Waals surface area contributed by atoms with Crippen LogP contribution in [-0.2, 0) is 22.7 Å². The van der Waals surface area contributed by atoms with Crippen molar-refractivity contribution in [3.63, 3.8) is 0 Å². The van der Waals surface area contributed by atoms with Gasteiger partial charge < -0.3 is 10.6 Å². The first kappa shape index (κ1) is 18.2. The Morgan fingerprint density at radius 1 is 0.840 bits per heavy atom. The highest BCUT2D eigenvalue weighted by atomic mass is 16.2. The molecule has 0 atom stereocenters. The van der Waals surface area contributed by atoms with Gasteiger partial charge in [-0.15, -0.1) is 0 Å². The summed E-state index contributed by atoms with van der Waals surface area (Å²) in [6.45, 7) is 2.67. The minimum Gasteiger partial charge on any atom is -0.348 e. The molecular formula is C21H22N2O2. The Labute approximate surface area is 148 Å². The fraction of sp³-hybridized carbons (Fsp3) is 0.143. The van der Waals surface area contributed by atoms with E-state index in [9.17, 15) is 9.59 Å². The van der Waals surface area contributed by atoms with Crippen molar-refractivity contribution in [3.05, 3.63) is 95.6 Å². The first-order valence-corrected chi connectivity index (χ1v) is 8.14. The summed E-state index contributed by atoms with van der Waals surface area (Å²) >= 11 is 0. The lowest BCUT2D eigenvalue weighted by atomic mass is 10.2. The molecule has 2 N–H and O–H groups in total. The molecule has 2 aromatic carbocycles. The van der Waals surface area contributed by atoms with Crippen LogP contribution in [0.1, 0.15) is 18.1 Å². The van der Waals surface area contributed by atoms with Gasteiger partial charge in [0.25, 0.3) is 0 Å². The standard InChI is InChI=1S/C21H22N2O2/c1-17(21(25)23-16-19-12-6-3-7-13-19)9-8-14-20(24)22-15-18-10-4-2-5-11-18/h2-14H,15-16H2,1H3,(H,22,24)(H,23,25)/b14-8+,17-9-. The van der Waals surface area contributed by atoms with Gasteiger partial charge in [0.1, 0.15) is 0 Å². The van der Waals surface area contributed by atoms with Crippen LogP contribution < -0.4 is 10.6 Å². The number of carbonyl (C=O) groups excluding carboxylic acids is 2. The lowest BCUT2D eigenvalue weighted by Crippen LogP contribution is -2.23. The minimum absolute atomic E-state index is 0.154. The van der Waals surface area contributed by atoms with Crippen molar-refractivity contribution in [3.8, 4) is 0 Å². The first-order valence-electron chi connectivity index (χ1n) is 8.14. The second-order valence-corrected chi connectivity index (χ2v) is 5.58. The van der Waals surface area contributed by atoms with Crippen molar-refractivity contribution >= 4 is 11.8 Å². The van der Waals surface area contributed by atoms with Crippen LogP contribution >= 0.6 is 0 Å². The number of benzene rings is 2. The smallest absolute Gasteiger partial charge is 0.247 e. The third kappa shape index (κ3) is 6.87. The summed E-state index contributed by atoms with van der Waals surface area (Å²) < 4.78 is 0. The van der Waals surface area contributed by atoms with E-state index < -0.39 is 0 Å². The molecule has 2 amide bonds. The van der Waals surface area contributed by atoms with E-state index in [1.807, 2.05) is 60.7 Å². The van der Waals surface area contributed by atoms with Gasteiger partial charge in [-0.1, -0.05) is 72.8 Å². The van der Waals surface area contributed by atoms with E-state index in [0.717, 1.165) is 11.1 Å². The van der Waals surface area contributed by atoms with Crippen LogP contribution in [0.25, 0.3) is 0 Å². The summed E-state index contributed by atoms with van der Waals surface area (Å²) in [5, 5.41) is 5.63. The number of nitrogens with one attached hydrogen (secondary N) is 2. The van der Waals surface area contributed by atoms with E-state index in [-0.39, 0.29) is 11.8 Å². The summed E-state index contributed by atoms with van der Waals surface area (Å²) in [7, 11) is 0. The van der Waals surface area contributed by atoms with Crippen molar-refractivity contribution in [1.82, 2.24) is 10.6 Å². The summed E-state index contributed by atoms with van der Waals surface area (Å²) in [4.78, 5) is 23.7. The number of carbonyl (C=O) groups is 2.